The van der Waals surface area contributed by atoms with E-state index in [-0.39, 0.29) is 6.01 Å². The monoisotopic (exact) mass is 261 g/mol. The van der Waals surface area contributed by atoms with E-state index < -0.39 is 11.4 Å². The van der Waals surface area contributed by atoms with E-state index >= 15 is 0 Å². The molecule has 1 fully saturated rings. The summed E-state index contributed by atoms with van der Waals surface area (Å²) in [6.45, 7) is 0. The Morgan fingerprint density at radius 3 is 2.79 bits per heavy atom. The average molecular weight is 261 g/mol. The summed E-state index contributed by atoms with van der Waals surface area (Å²) in [5.74, 6) is -0.774. The molecule has 3 rings (SSSR count). The summed E-state index contributed by atoms with van der Waals surface area (Å²) in [7, 11) is 3.37. The van der Waals surface area contributed by atoms with Crippen molar-refractivity contribution in [1.82, 2.24) is 14.5 Å². The van der Waals surface area contributed by atoms with Gasteiger partial charge in [-0.15, -0.1) is 0 Å². The number of aromatic nitrogens is 3. The molecule has 1 aliphatic carbocycles. The molecule has 0 aliphatic heterocycles. The van der Waals surface area contributed by atoms with Crippen LogP contribution in [0.4, 0.5) is 0 Å². The fourth-order valence-corrected chi connectivity index (χ4v) is 2.72. The molecule has 19 heavy (non-hydrogen) atoms. The van der Waals surface area contributed by atoms with Gasteiger partial charge in [-0.25, -0.2) is 4.98 Å². The van der Waals surface area contributed by atoms with Crippen LogP contribution in [0.25, 0.3) is 11.0 Å². The third-order valence-electron chi connectivity index (χ3n) is 4.02. The molecule has 0 saturated heterocycles. The van der Waals surface area contributed by atoms with Gasteiger partial charge in [-0.1, -0.05) is 6.42 Å². The van der Waals surface area contributed by atoms with Crippen LogP contribution in [0.5, 0.6) is 6.01 Å². The Morgan fingerprint density at radius 1 is 1.53 bits per heavy atom. The van der Waals surface area contributed by atoms with Crippen LogP contribution in [0.1, 0.15) is 24.8 Å². The molecule has 0 amide bonds. The van der Waals surface area contributed by atoms with Gasteiger partial charge in [0.1, 0.15) is 0 Å². The smallest absolute Gasteiger partial charge is 0.316 e. The van der Waals surface area contributed by atoms with Crippen LogP contribution in [0, 0.1) is 0 Å². The molecule has 0 radical (unpaired) electrons. The molecule has 0 bridgehead atoms. The van der Waals surface area contributed by atoms with Crippen molar-refractivity contribution in [1.29, 1.82) is 0 Å². The van der Waals surface area contributed by atoms with Gasteiger partial charge in [0.15, 0.2) is 0 Å². The molecule has 100 valence electrons. The molecule has 0 unspecified atom stereocenters. The number of hydrogen-bond acceptors (Lipinski definition) is 4. The van der Waals surface area contributed by atoms with E-state index in [2.05, 4.69) is 9.97 Å². The molecule has 1 aliphatic rings. The second-order valence-electron chi connectivity index (χ2n) is 4.99. The molecule has 6 heteroatoms. The van der Waals surface area contributed by atoms with Crippen LogP contribution >= 0.6 is 0 Å². The molecule has 2 aromatic rings. The number of aliphatic carboxylic acids is 1. The van der Waals surface area contributed by atoms with E-state index in [0.29, 0.717) is 18.4 Å². The molecule has 0 spiro atoms. The van der Waals surface area contributed by atoms with Gasteiger partial charge in [0, 0.05) is 18.8 Å². The third-order valence-corrected chi connectivity index (χ3v) is 4.02. The van der Waals surface area contributed by atoms with Crippen LogP contribution in [-0.2, 0) is 17.3 Å². The van der Waals surface area contributed by atoms with Gasteiger partial charge in [0.25, 0.3) is 0 Å². The van der Waals surface area contributed by atoms with Gasteiger partial charge in [-0.2, -0.15) is 4.98 Å². The van der Waals surface area contributed by atoms with E-state index in [0.717, 1.165) is 17.5 Å². The second-order valence-corrected chi connectivity index (χ2v) is 4.99. The molecule has 0 aromatic carbocycles. The van der Waals surface area contributed by atoms with E-state index in [9.17, 15) is 9.90 Å². The van der Waals surface area contributed by atoms with Gasteiger partial charge < -0.3 is 14.4 Å². The highest BCUT2D eigenvalue weighted by Gasteiger charge is 2.48. The minimum atomic E-state index is -0.793. The van der Waals surface area contributed by atoms with Crippen molar-refractivity contribution in [2.24, 2.45) is 7.05 Å². The number of ether oxygens (including phenoxy) is 1. The summed E-state index contributed by atoms with van der Waals surface area (Å²) < 4.78 is 6.90. The van der Waals surface area contributed by atoms with Crippen molar-refractivity contribution in [2.45, 2.75) is 24.7 Å². The Kier molecular flexibility index (Phi) is 2.48. The zero-order valence-corrected chi connectivity index (χ0v) is 10.9. The number of fused-ring (bicyclic) bond motifs is 1. The zero-order chi connectivity index (χ0) is 13.6. The Labute approximate surface area is 110 Å². The van der Waals surface area contributed by atoms with Crippen molar-refractivity contribution in [3.05, 3.63) is 18.0 Å². The number of carbonyl (C=O) groups is 1. The second kappa shape index (κ2) is 3.94. The van der Waals surface area contributed by atoms with Crippen LogP contribution in [-0.4, -0.2) is 32.7 Å². The predicted molar refractivity (Wildman–Crippen MR) is 68.2 cm³/mol. The molecular weight excluding hydrogens is 246 g/mol. The van der Waals surface area contributed by atoms with Gasteiger partial charge >= 0.3 is 12.0 Å². The number of aryl methyl sites for hydroxylation is 1. The Morgan fingerprint density at radius 2 is 2.26 bits per heavy atom. The van der Waals surface area contributed by atoms with E-state index in [1.54, 1.807) is 6.20 Å². The summed E-state index contributed by atoms with van der Waals surface area (Å²) >= 11 is 0. The largest absolute Gasteiger partial charge is 0.481 e. The quantitative estimate of drug-likeness (QED) is 0.905. The maximum absolute atomic E-state index is 11.6. The standard InChI is InChI=1S/C13H15N3O3/c1-16-7-8(13(11(17)18)4-3-5-13)10-9(16)6-14-12(15-10)19-2/h6-7H,3-5H2,1-2H3,(H,17,18). The minimum Gasteiger partial charge on any atom is -0.481 e. The lowest BCUT2D eigenvalue weighted by atomic mass is 9.65. The minimum absolute atomic E-state index is 0.264. The van der Waals surface area contributed by atoms with Crippen LogP contribution in [0.3, 0.4) is 0 Å². The first-order valence-corrected chi connectivity index (χ1v) is 6.18. The number of methoxy groups -OCH3 is 1. The first kappa shape index (κ1) is 12.0. The maximum atomic E-state index is 11.6. The average Bonchev–Trinajstić information content (AvgIpc) is 2.65. The third kappa shape index (κ3) is 1.52. The Hall–Kier alpha value is -2.11. The summed E-state index contributed by atoms with van der Waals surface area (Å²) in [6.07, 6.45) is 5.78. The summed E-state index contributed by atoms with van der Waals surface area (Å²) in [5, 5.41) is 9.55. The molecule has 1 N–H and O–H groups in total. The number of hydrogen-bond donors (Lipinski definition) is 1. The number of rotatable bonds is 3. The lowest BCUT2D eigenvalue weighted by Gasteiger charge is -2.37. The SMILES string of the molecule is COc1ncc2c(n1)c(C1(C(=O)O)CCC1)cn2C. The van der Waals surface area contributed by atoms with Gasteiger partial charge in [-0.3, -0.25) is 4.79 Å². The highest BCUT2D eigenvalue weighted by atomic mass is 16.5. The highest BCUT2D eigenvalue weighted by Crippen LogP contribution is 2.46. The van der Waals surface area contributed by atoms with E-state index in [1.165, 1.54) is 7.11 Å². The number of nitrogens with zero attached hydrogens (tertiary/aromatic N) is 3. The van der Waals surface area contributed by atoms with Crippen LogP contribution < -0.4 is 4.74 Å². The lowest BCUT2D eigenvalue weighted by molar-refractivity contribution is -0.147. The molecule has 0 atom stereocenters. The molecule has 6 nitrogen and oxygen atoms in total. The van der Waals surface area contributed by atoms with Crippen molar-refractivity contribution in [2.75, 3.05) is 7.11 Å². The van der Waals surface area contributed by atoms with Gasteiger partial charge in [0.2, 0.25) is 0 Å². The predicted octanol–water partition coefficient (Wildman–Crippen LogP) is 1.48. The highest BCUT2D eigenvalue weighted by molar-refractivity contribution is 5.91. The molecule has 1 saturated carbocycles. The Balaban J connectivity index is 2.26. The fraction of sp³-hybridized carbons (Fsp3) is 0.462. The molecule has 2 aromatic heterocycles. The molecule has 2 heterocycles. The van der Waals surface area contributed by atoms with Crippen molar-refractivity contribution >= 4 is 17.0 Å². The zero-order valence-electron chi connectivity index (χ0n) is 10.9. The first-order chi connectivity index (χ1) is 9.08. The van der Waals surface area contributed by atoms with E-state index in [4.69, 9.17) is 4.74 Å². The molecular formula is C13H15N3O3. The van der Waals surface area contributed by atoms with Gasteiger partial charge in [0.05, 0.1) is 29.8 Å². The van der Waals surface area contributed by atoms with E-state index in [1.807, 2.05) is 17.8 Å². The van der Waals surface area contributed by atoms with Crippen LogP contribution in [0.15, 0.2) is 12.4 Å². The van der Waals surface area contributed by atoms with Crippen LogP contribution in [0.2, 0.25) is 0 Å². The lowest BCUT2D eigenvalue weighted by Crippen LogP contribution is -2.42. The van der Waals surface area contributed by atoms with Crippen molar-refractivity contribution < 1.29 is 14.6 Å². The number of carboxylic acid groups (broad SMARTS) is 1. The summed E-state index contributed by atoms with van der Waals surface area (Å²) in [5.41, 5.74) is 1.48. The van der Waals surface area contributed by atoms with Gasteiger partial charge in [-0.05, 0) is 12.8 Å². The van der Waals surface area contributed by atoms with Crippen molar-refractivity contribution in [3.8, 4) is 6.01 Å². The fourth-order valence-electron chi connectivity index (χ4n) is 2.72. The Bertz CT molecular complexity index is 658. The summed E-state index contributed by atoms with van der Waals surface area (Å²) in [4.78, 5) is 20.0. The maximum Gasteiger partial charge on any atom is 0.316 e. The number of carboxylic acids is 1. The van der Waals surface area contributed by atoms with Crippen molar-refractivity contribution in [3.63, 3.8) is 0 Å². The topological polar surface area (TPSA) is 77.2 Å². The first-order valence-electron chi connectivity index (χ1n) is 6.18. The summed E-state index contributed by atoms with van der Waals surface area (Å²) in [6, 6.07) is 0.264. The normalized spacial score (nSPS) is 17.2.